The van der Waals surface area contributed by atoms with Gasteiger partial charge in [-0.1, -0.05) is 0 Å². The Morgan fingerprint density at radius 2 is 2.57 bits per heavy atom. The summed E-state index contributed by atoms with van der Waals surface area (Å²) in [4.78, 5) is 15.3. The van der Waals surface area contributed by atoms with Crippen molar-refractivity contribution in [2.24, 2.45) is 0 Å². The number of ether oxygens (including phenoxy) is 1. The normalized spacial score (nSPS) is 15.2. The summed E-state index contributed by atoms with van der Waals surface area (Å²) in [6.45, 7) is 2.16. The molecule has 0 bridgehead atoms. The first-order chi connectivity index (χ1) is 6.79. The molecule has 0 saturated heterocycles. The van der Waals surface area contributed by atoms with Gasteiger partial charge < -0.3 is 4.74 Å². The van der Waals surface area contributed by atoms with E-state index < -0.39 is 6.09 Å². The van der Waals surface area contributed by atoms with Crippen molar-refractivity contribution in [1.82, 2.24) is 4.98 Å². The minimum absolute atomic E-state index is 0.382. The Hall–Kier alpha value is -1.10. The SMILES string of the molecule is CCOC(=O)Nc1nc(C2CC2)cs1. The van der Waals surface area contributed by atoms with Gasteiger partial charge in [0.25, 0.3) is 0 Å². The summed E-state index contributed by atoms with van der Waals surface area (Å²) in [5.41, 5.74) is 1.10. The quantitative estimate of drug-likeness (QED) is 0.837. The summed E-state index contributed by atoms with van der Waals surface area (Å²) in [6, 6.07) is 0. The molecule has 5 heteroatoms. The van der Waals surface area contributed by atoms with E-state index in [1.807, 2.05) is 5.38 Å². The molecule has 0 radical (unpaired) electrons. The monoisotopic (exact) mass is 212 g/mol. The standard InChI is InChI=1S/C9H12N2O2S/c1-2-13-9(12)11-8-10-7(5-14-8)6-3-4-6/h5-6H,2-4H2,1H3,(H,10,11,12). The van der Waals surface area contributed by atoms with E-state index in [4.69, 9.17) is 4.74 Å². The largest absolute Gasteiger partial charge is 0.450 e. The summed E-state index contributed by atoms with van der Waals surface area (Å²) in [7, 11) is 0. The Morgan fingerprint density at radius 1 is 1.79 bits per heavy atom. The molecule has 2 rings (SSSR count). The molecule has 1 aromatic heterocycles. The Labute approximate surface area is 86.3 Å². The fraction of sp³-hybridized carbons (Fsp3) is 0.556. The molecule has 14 heavy (non-hydrogen) atoms. The summed E-state index contributed by atoms with van der Waals surface area (Å²) >= 11 is 1.45. The number of hydrogen-bond donors (Lipinski definition) is 1. The van der Waals surface area contributed by atoms with Gasteiger partial charge in [0.05, 0.1) is 12.3 Å². The van der Waals surface area contributed by atoms with Gasteiger partial charge in [-0.2, -0.15) is 0 Å². The summed E-state index contributed by atoms with van der Waals surface area (Å²) in [6.07, 6.45) is 2.02. The van der Waals surface area contributed by atoms with Crippen molar-refractivity contribution < 1.29 is 9.53 Å². The van der Waals surface area contributed by atoms with E-state index in [0.29, 0.717) is 17.7 Å². The highest BCUT2D eigenvalue weighted by Gasteiger charge is 2.26. The highest BCUT2D eigenvalue weighted by molar-refractivity contribution is 7.13. The van der Waals surface area contributed by atoms with Crippen LogP contribution in [0.4, 0.5) is 9.93 Å². The molecule has 4 nitrogen and oxygen atoms in total. The van der Waals surface area contributed by atoms with Gasteiger partial charge in [0.1, 0.15) is 0 Å². The average molecular weight is 212 g/mol. The Bertz CT molecular complexity index is 333. The van der Waals surface area contributed by atoms with Gasteiger partial charge >= 0.3 is 6.09 Å². The first kappa shape index (κ1) is 9.45. The van der Waals surface area contributed by atoms with Crippen LogP contribution < -0.4 is 5.32 Å². The molecule has 1 saturated carbocycles. The van der Waals surface area contributed by atoms with E-state index in [1.54, 1.807) is 6.92 Å². The minimum Gasteiger partial charge on any atom is -0.450 e. The molecule has 0 aliphatic heterocycles. The van der Waals surface area contributed by atoms with Crippen molar-refractivity contribution in [2.45, 2.75) is 25.7 Å². The number of amides is 1. The molecule has 1 N–H and O–H groups in total. The van der Waals surface area contributed by atoms with E-state index in [-0.39, 0.29) is 0 Å². The highest BCUT2D eigenvalue weighted by atomic mass is 32.1. The minimum atomic E-state index is -0.427. The summed E-state index contributed by atoms with van der Waals surface area (Å²) in [5, 5.41) is 5.22. The van der Waals surface area contributed by atoms with Crippen LogP contribution in [0.25, 0.3) is 0 Å². The molecule has 0 aromatic carbocycles. The molecule has 1 amide bonds. The first-order valence-corrected chi connectivity index (χ1v) is 5.56. The number of anilines is 1. The van der Waals surface area contributed by atoms with Crippen LogP contribution in [0.3, 0.4) is 0 Å². The molecule has 1 aromatic rings. The van der Waals surface area contributed by atoms with Crippen LogP contribution in [0.5, 0.6) is 0 Å². The van der Waals surface area contributed by atoms with Gasteiger partial charge in [-0.05, 0) is 19.8 Å². The predicted octanol–water partition coefficient (Wildman–Crippen LogP) is 2.59. The van der Waals surface area contributed by atoms with Crippen LogP contribution in [0, 0.1) is 0 Å². The predicted molar refractivity (Wildman–Crippen MR) is 54.7 cm³/mol. The highest BCUT2D eigenvalue weighted by Crippen LogP contribution is 2.40. The van der Waals surface area contributed by atoms with Crippen LogP contribution in [0.2, 0.25) is 0 Å². The smallest absolute Gasteiger partial charge is 0.413 e. The number of nitrogens with one attached hydrogen (secondary N) is 1. The molecule has 76 valence electrons. The van der Waals surface area contributed by atoms with Crippen LogP contribution in [-0.2, 0) is 4.74 Å². The lowest BCUT2D eigenvalue weighted by Crippen LogP contribution is -2.12. The van der Waals surface area contributed by atoms with E-state index in [0.717, 1.165) is 5.69 Å². The van der Waals surface area contributed by atoms with Crippen molar-refractivity contribution in [2.75, 3.05) is 11.9 Å². The number of hydrogen-bond acceptors (Lipinski definition) is 4. The fourth-order valence-corrected chi connectivity index (χ4v) is 1.94. The number of carbonyl (C=O) groups excluding carboxylic acids is 1. The molecule has 0 atom stereocenters. The lowest BCUT2D eigenvalue weighted by atomic mass is 10.3. The molecule has 0 unspecified atom stereocenters. The second kappa shape index (κ2) is 3.96. The Morgan fingerprint density at radius 3 is 3.21 bits per heavy atom. The van der Waals surface area contributed by atoms with Crippen molar-refractivity contribution >= 4 is 22.6 Å². The summed E-state index contributed by atoms with van der Waals surface area (Å²) in [5.74, 6) is 0.629. The van der Waals surface area contributed by atoms with Crippen LogP contribution >= 0.6 is 11.3 Å². The van der Waals surface area contributed by atoms with Gasteiger partial charge in [-0.3, -0.25) is 5.32 Å². The van der Waals surface area contributed by atoms with Gasteiger partial charge in [0, 0.05) is 11.3 Å². The van der Waals surface area contributed by atoms with Gasteiger partial charge in [-0.25, -0.2) is 9.78 Å². The topological polar surface area (TPSA) is 51.2 Å². The third-order valence-electron chi connectivity index (χ3n) is 2.00. The second-order valence-electron chi connectivity index (χ2n) is 3.20. The number of thiazole rings is 1. The Kier molecular flexibility index (Phi) is 2.67. The third-order valence-corrected chi connectivity index (χ3v) is 2.78. The molecule has 1 aliphatic rings. The molecular weight excluding hydrogens is 200 g/mol. The fourth-order valence-electron chi connectivity index (χ4n) is 1.16. The molecular formula is C9H12N2O2S. The van der Waals surface area contributed by atoms with E-state index >= 15 is 0 Å². The van der Waals surface area contributed by atoms with Crippen molar-refractivity contribution in [3.8, 4) is 0 Å². The van der Waals surface area contributed by atoms with E-state index in [2.05, 4.69) is 10.3 Å². The zero-order valence-electron chi connectivity index (χ0n) is 7.95. The lowest BCUT2D eigenvalue weighted by molar-refractivity contribution is 0.168. The second-order valence-corrected chi connectivity index (χ2v) is 4.06. The molecule has 1 fully saturated rings. The van der Waals surface area contributed by atoms with Crippen LogP contribution in [0.1, 0.15) is 31.4 Å². The maximum Gasteiger partial charge on any atom is 0.413 e. The maximum absolute atomic E-state index is 11.0. The summed E-state index contributed by atoms with van der Waals surface area (Å²) < 4.78 is 4.75. The third kappa shape index (κ3) is 2.23. The van der Waals surface area contributed by atoms with Crippen molar-refractivity contribution in [3.63, 3.8) is 0 Å². The zero-order chi connectivity index (χ0) is 9.97. The molecule has 1 heterocycles. The van der Waals surface area contributed by atoms with Crippen molar-refractivity contribution in [1.29, 1.82) is 0 Å². The lowest BCUT2D eigenvalue weighted by Gasteiger charge is -2.00. The Balaban J connectivity index is 1.92. The van der Waals surface area contributed by atoms with Gasteiger partial charge in [0.15, 0.2) is 5.13 Å². The number of nitrogens with zero attached hydrogens (tertiary/aromatic N) is 1. The molecule has 1 aliphatic carbocycles. The maximum atomic E-state index is 11.0. The van der Waals surface area contributed by atoms with Crippen LogP contribution in [-0.4, -0.2) is 17.7 Å². The average Bonchev–Trinajstić information content (AvgIpc) is 2.89. The molecule has 0 spiro atoms. The van der Waals surface area contributed by atoms with Crippen molar-refractivity contribution in [3.05, 3.63) is 11.1 Å². The van der Waals surface area contributed by atoms with Crippen LogP contribution in [0.15, 0.2) is 5.38 Å². The van der Waals surface area contributed by atoms with Gasteiger partial charge in [-0.15, -0.1) is 11.3 Å². The number of aromatic nitrogens is 1. The van der Waals surface area contributed by atoms with Gasteiger partial charge in [0.2, 0.25) is 0 Å². The number of carbonyl (C=O) groups is 1. The zero-order valence-corrected chi connectivity index (χ0v) is 8.76. The number of rotatable bonds is 3. The van der Waals surface area contributed by atoms with E-state index in [1.165, 1.54) is 24.2 Å². The van der Waals surface area contributed by atoms with E-state index in [9.17, 15) is 4.79 Å². The first-order valence-electron chi connectivity index (χ1n) is 4.68.